The average Bonchev–Trinajstić information content (AvgIpc) is 2.83. The summed E-state index contributed by atoms with van der Waals surface area (Å²) in [5.74, 6) is 0.811. The highest BCUT2D eigenvalue weighted by atomic mass is 14.2. The van der Waals surface area contributed by atoms with Gasteiger partial charge in [0.2, 0.25) is 0 Å². The van der Waals surface area contributed by atoms with Crippen molar-refractivity contribution in [2.24, 2.45) is 0 Å². The first-order chi connectivity index (χ1) is 7.86. The molecule has 0 aliphatic heterocycles. The second-order valence-corrected chi connectivity index (χ2v) is 5.00. The fourth-order valence-corrected chi connectivity index (χ4v) is 3.07. The van der Waals surface area contributed by atoms with Crippen molar-refractivity contribution in [3.63, 3.8) is 0 Å². The molecule has 0 amide bonds. The van der Waals surface area contributed by atoms with Crippen molar-refractivity contribution >= 4 is 10.8 Å². The smallest absolute Gasteiger partial charge is 0.0146 e. The van der Waals surface area contributed by atoms with E-state index >= 15 is 0 Å². The van der Waals surface area contributed by atoms with Gasteiger partial charge in [-0.25, -0.2) is 0 Å². The molecule has 0 nitrogen and oxygen atoms in total. The van der Waals surface area contributed by atoms with Crippen molar-refractivity contribution in [2.75, 3.05) is 0 Å². The fraction of sp³-hybridized carbons (Fsp3) is 0.375. The van der Waals surface area contributed by atoms with E-state index in [1.54, 1.807) is 5.56 Å². The van der Waals surface area contributed by atoms with Crippen LogP contribution in [0.3, 0.4) is 0 Å². The monoisotopic (exact) mass is 210 g/mol. The van der Waals surface area contributed by atoms with E-state index in [4.69, 9.17) is 0 Å². The van der Waals surface area contributed by atoms with Crippen LogP contribution >= 0.6 is 0 Å². The van der Waals surface area contributed by atoms with Crippen molar-refractivity contribution < 1.29 is 0 Å². The maximum Gasteiger partial charge on any atom is -0.0146 e. The molecule has 1 saturated carbocycles. The zero-order valence-corrected chi connectivity index (χ0v) is 9.87. The van der Waals surface area contributed by atoms with Crippen LogP contribution in [-0.4, -0.2) is 0 Å². The van der Waals surface area contributed by atoms with Crippen molar-refractivity contribution in [1.29, 1.82) is 0 Å². The molecule has 0 N–H and O–H groups in total. The molecule has 0 atom stereocenters. The third kappa shape index (κ3) is 1.53. The van der Waals surface area contributed by atoms with Crippen LogP contribution < -0.4 is 0 Å². The van der Waals surface area contributed by atoms with E-state index < -0.39 is 0 Å². The topological polar surface area (TPSA) is 0 Å². The molecule has 0 saturated heterocycles. The Morgan fingerprint density at radius 3 is 2.31 bits per heavy atom. The molecule has 0 heterocycles. The van der Waals surface area contributed by atoms with Crippen LogP contribution in [0.1, 0.15) is 42.7 Å². The molecule has 0 aromatic heterocycles. The Morgan fingerprint density at radius 1 is 0.875 bits per heavy atom. The van der Waals surface area contributed by atoms with Crippen molar-refractivity contribution in [1.82, 2.24) is 0 Å². The second kappa shape index (κ2) is 3.93. The summed E-state index contributed by atoms with van der Waals surface area (Å²) >= 11 is 0. The Labute approximate surface area is 97.3 Å². The summed E-state index contributed by atoms with van der Waals surface area (Å²) in [6.07, 6.45) is 5.58. The van der Waals surface area contributed by atoms with Crippen LogP contribution in [0.4, 0.5) is 0 Å². The normalized spacial score (nSPS) is 17.1. The van der Waals surface area contributed by atoms with Crippen LogP contribution in [0.2, 0.25) is 0 Å². The van der Waals surface area contributed by atoms with Gasteiger partial charge >= 0.3 is 0 Å². The lowest BCUT2D eigenvalue weighted by Crippen LogP contribution is -1.94. The number of hydrogen-bond acceptors (Lipinski definition) is 0. The average molecular weight is 210 g/mol. The highest BCUT2D eigenvalue weighted by molar-refractivity contribution is 5.89. The number of aryl methyl sites for hydroxylation is 1. The first-order valence-corrected chi connectivity index (χ1v) is 6.34. The van der Waals surface area contributed by atoms with E-state index in [1.807, 2.05) is 0 Å². The molecule has 0 heteroatoms. The van der Waals surface area contributed by atoms with Gasteiger partial charge in [-0.2, -0.15) is 0 Å². The summed E-state index contributed by atoms with van der Waals surface area (Å²) < 4.78 is 0. The van der Waals surface area contributed by atoms with E-state index in [0.29, 0.717) is 0 Å². The molecule has 16 heavy (non-hydrogen) atoms. The third-order valence-electron chi connectivity index (χ3n) is 3.97. The highest BCUT2D eigenvalue weighted by Gasteiger charge is 2.18. The summed E-state index contributed by atoms with van der Waals surface area (Å²) in [6.45, 7) is 2.21. The maximum atomic E-state index is 2.35. The molecule has 0 spiro atoms. The van der Waals surface area contributed by atoms with E-state index in [-0.39, 0.29) is 0 Å². The van der Waals surface area contributed by atoms with Gasteiger partial charge in [-0.3, -0.25) is 0 Å². The summed E-state index contributed by atoms with van der Waals surface area (Å²) in [5, 5.41) is 2.92. The van der Waals surface area contributed by atoms with Crippen molar-refractivity contribution in [3.8, 4) is 0 Å². The van der Waals surface area contributed by atoms with Crippen molar-refractivity contribution in [2.45, 2.75) is 38.5 Å². The Hall–Kier alpha value is -1.30. The standard InChI is InChI=1S/C16H18/c1-12-10-11-15(13-6-2-3-7-13)16-9-5-4-8-14(12)16/h4-5,8-11,13H,2-3,6-7H2,1H3. The second-order valence-electron chi connectivity index (χ2n) is 5.00. The van der Waals surface area contributed by atoms with Crippen LogP contribution in [0.15, 0.2) is 36.4 Å². The molecule has 82 valence electrons. The minimum Gasteiger partial charge on any atom is -0.0616 e. The van der Waals surface area contributed by atoms with Gasteiger partial charge in [0.15, 0.2) is 0 Å². The van der Waals surface area contributed by atoms with Crippen LogP contribution in [-0.2, 0) is 0 Å². The van der Waals surface area contributed by atoms with Gasteiger partial charge in [0, 0.05) is 0 Å². The van der Waals surface area contributed by atoms with Gasteiger partial charge in [-0.1, -0.05) is 49.2 Å². The van der Waals surface area contributed by atoms with Gasteiger partial charge in [0.05, 0.1) is 0 Å². The summed E-state index contributed by atoms with van der Waals surface area (Å²) in [7, 11) is 0. The van der Waals surface area contributed by atoms with Crippen LogP contribution in [0, 0.1) is 6.92 Å². The number of hydrogen-bond donors (Lipinski definition) is 0. The van der Waals surface area contributed by atoms with Crippen LogP contribution in [0.5, 0.6) is 0 Å². The lowest BCUT2D eigenvalue weighted by molar-refractivity contribution is 0.729. The minimum atomic E-state index is 0.811. The molecule has 0 unspecified atom stereocenters. The highest BCUT2D eigenvalue weighted by Crippen LogP contribution is 2.38. The molecule has 0 radical (unpaired) electrons. The largest absolute Gasteiger partial charge is 0.0616 e. The first-order valence-electron chi connectivity index (χ1n) is 6.34. The molecule has 0 bridgehead atoms. The third-order valence-corrected chi connectivity index (χ3v) is 3.97. The van der Waals surface area contributed by atoms with Crippen LogP contribution in [0.25, 0.3) is 10.8 Å². The lowest BCUT2D eigenvalue weighted by Gasteiger charge is -2.14. The van der Waals surface area contributed by atoms with E-state index in [0.717, 1.165) is 5.92 Å². The fourth-order valence-electron chi connectivity index (χ4n) is 3.07. The van der Waals surface area contributed by atoms with E-state index in [2.05, 4.69) is 43.3 Å². The summed E-state index contributed by atoms with van der Waals surface area (Å²) in [5.41, 5.74) is 2.98. The van der Waals surface area contributed by atoms with Crippen molar-refractivity contribution in [3.05, 3.63) is 47.5 Å². The van der Waals surface area contributed by atoms with Gasteiger partial charge in [-0.15, -0.1) is 0 Å². The number of benzene rings is 2. The zero-order valence-electron chi connectivity index (χ0n) is 9.87. The molecule has 1 aliphatic rings. The molecular weight excluding hydrogens is 192 g/mol. The predicted molar refractivity (Wildman–Crippen MR) is 69.9 cm³/mol. The Balaban J connectivity index is 2.21. The lowest BCUT2D eigenvalue weighted by atomic mass is 9.90. The van der Waals surface area contributed by atoms with E-state index in [9.17, 15) is 0 Å². The predicted octanol–water partition coefficient (Wildman–Crippen LogP) is 4.81. The maximum absolute atomic E-state index is 2.35. The number of fused-ring (bicyclic) bond motifs is 1. The Kier molecular flexibility index (Phi) is 2.43. The van der Waals surface area contributed by atoms with Gasteiger partial charge in [-0.05, 0) is 47.6 Å². The number of rotatable bonds is 1. The molecule has 3 rings (SSSR count). The molecule has 1 fully saturated rings. The Morgan fingerprint density at radius 2 is 1.56 bits per heavy atom. The SMILES string of the molecule is Cc1ccc(C2CCCC2)c2ccccc12. The quantitative estimate of drug-likeness (QED) is 0.634. The molecule has 2 aromatic carbocycles. The first kappa shape index (κ1) is 9.89. The minimum absolute atomic E-state index is 0.811. The van der Waals surface area contributed by atoms with Gasteiger partial charge in [0.1, 0.15) is 0 Å². The van der Waals surface area contributed by atoms with E-state index in [1.165, 1.54) is 42.0 Å². The zero-order chi connectivity index (χ0) is 11.0. The molecule has 2 aromatic rings. The molecular formula is C16H18. The van der Waals surface area contributed by atoms with Gasteiger partial charge in [0.25, 0.3) is 0 Å². The van der Waals surface area contributed by atoms with Gasteiger partial charge < -0.3 is 0 Å². The molecule has 1 aliphatic carbocycles. The Bertz CT molecular complexity index is 504. The summed E-state index contributed by atoms with van der Waals surface area (Å²) in [6, 6.07) is 13.5. The summed E-state index contributed by atoms with van der Waals surface area (Å²) in [4.78, 5) is 0.